The third-order valence-electron chi connectivity index (χ3n) is 6.67. The van der Waals surface area contributed by atoms with E-state index in [2.05, 4.69) is 113 Å². The van der Waals surface area contributed by atoms with Crippen molar-refractivity contribution >= 4 is 36.8 Å². The summed E-state index contributed by atoms with van der Waals surface area (Å²) in [6, 6.07) is 18.5. The minimum Gasteiger partial charge on any atom is -0.480 e. The molecule has 9 heteroatoms. The van der Waals surface area contributed by atoms with E-state index in [1.165, 1.54) is 43.1 Å². The van der Waals surface area contributed by atoms with Gasteiger partial charge in [-0.15, -0.1) is 12.8 Å². The fourth-order valence-corrected chi connectivity index (χ4v) is 4.52. The molecular weight excluding hydrogens is 558 g/mol. The van der Waals surface area contributed by atoms with Crippen LogP contribution in [0.1, 0.15) is 47.2 Å². The number of allylic oxidation sites excluding steroid dienone is 5. The molecule has 5 N–H and O–H groups in total. The van der Waals surface area contributed by atoms with Gasteiger partial charge in [0, 0.05) is 37.7 Å². The second-order valence-corrected chi connectivity index (χ2v) is 9.54. The number of hydrogen-bond donors (Lipinski definition) is 5. The lowest BCUT2D eigenvalue weighted by Gasteiger charge is -2.13. The first-order chi connectivity index (χ1) is 21.2. The van der Waals surface area contributed by atoms with Gasteiger partial charge in [0.2, 0.25) is 5.88 Å². The fourth-order valence-electron chi connectivity index (χ4n) is 4.52. The molecule has 0 unspecified atom stereocenters. The number of nitrogens with one attached hydrogen (secondary N) is 3. The topological polar surface area (TPSA) is 118 Å². The van der Waals surface area contributed by atoms with Crippen molar-refractivity contribution in [1.29, 1.82) is 0 Å². The van der Waals surface area contributed by atoms with Crippen LogP contribution in [0.25, 0.3) is 16.7 Å². The highest BCUT2D eigenvalue weighted by Crippen LogP contribution is 2.29. The molecule has 0 saturated carbocycles. The van der Waals surface area contributed by atoms with Crippen molar-refractivity contribution in [2.24, 2.45) is 5.14 Å². The Hall–Kier alpha value is -4.34. The van der Waals surface area contributed by atoms with Crippen molar-refractivity contribution in [3.8, 4) is 17.0 Å². The Kier molecular flexibility index (Phi) is 16.6. The second kappa shape index (κ2) is 20.5. The Balaban J connectivity index is 0.00000155. The van der Waals surface area contributed by atoms with Crippen LogP contribution in [0, 0.1) is 6.92 Å². The molecule has 2 aromatic carbocycles. The number of carbonyl (C=O) groups excluding carboxylic acids is 2. The highest BCUT2D eigenvalue weighted by Gasteiger charge is 2.12. The van der Waals surface area contributed by atoms with Crippen LogP contribution in [-0.2, 0) is 4.79 Å². The van der Waals surface area contributed by atoms with Gasteiger partial charge >= 0.3 is 0 Å². The molecule has 228 valence electrons. The van der Waals surface area contributed by atoms with Gasteiger partial charge in [-0.05, 0) is 84.3 Å². The lowest BCUT2D eigenvalue weighted by Crippen LogP contribution is -2.29. The quantitative estimate of drug-likeness (QED) is 0.156. The Morgan fingerprint density at radius 1 is 1.02 bits per heavy atom. The van der Waals surface area contributed by atoms with Crippen LogP contribution in [0.3, 0.4) is 0 Å². The molecule has 1 aliphatic rings. The van der Waals surface area contributed by atoms with E-state index in [0.717, 1.165) is 29.8 Å². The molecule has 8 nitrogen and oxygen atoms in total. The molecule has 1 aliphatic heterocycles. The van der Waals surface area contributed by atoms with Crippen LogP contribution in [0.4, 0.5) is 5.69 Å². The van der Waals surface area contributed by atoms with Crippen LogP contribution in [-0.4, -0.2) is 44.4 Å². The molecule has 2 heterocycles. The van der Waals surface area contributed by atoms with Crippen LogP contribution in [0.2, 0.25) is 0 Å². The van der Waals surface area contributed by atoms with Crippen molar-refractivity contribution in [3.05, 3.63) is 108 Å². The zero-order valence-electron chi connectivity index (χ0n) is 25.0. The Labute approximate surface area is 261 Å². The van der Waals surface area contributed by atoms with Gasteiger partial charge in [0.15, 0.2) is 0 Å². The predicted molar refractivity (Wildman–Crippen MR) is 181 cm³/mol. The molecule has 3 aromatic rings. The SMILES string of the molecule is C=O.COc1ncccc1C(=O)NCCNc1cccc(-c2cc(C3=C/NCCCCC/C=C/C=C\3)ccc2C)c1.NS. The van der Waals surface area contributed by atoms with Gasteiger partial charge in [-0.3, -0.25) is 9.93 Å². The number of methoxy groups -OCH3 is 1. The Morgan fingerprint density at radius 3 is 2.67 bits per heavy atom. The lowest BCUT2D eigenvalue weighted by molar-refractivity contribution is -0.0980. The first kappa shape index (κ1) is 34.9. The van der Waals surface area contributed by atoms with Gasteiger partial charge in [0.25, 0.3) is 5.91 Å². The van der Waals surface area contributed by atoms with Crippen molar-refractivity contribution in [2.45, 2.75) is 32.6 Å². The van der Waals surface area contributed by atoms with E-state index in [-0.39, 0.29) is 5.91 Å². The first-order valence-corrected chi connectivity index (χ1v) is 14.7. The van der Waals surface area contributed by atoms with Gasteiger partial charge in [-0.2, -0.15) is 0 Å². The van der Waals surface area contributed by atoms with E-state index in [9.17, 15) is 4.79 Å². The smallest absolute Gasteiger partial charge is 0.256 e. The molecular formula is C34H43N5O3S. The lowest BCUT2D eigenvalue weighted by atomic mass is 9.95. The van der Waals surface area contributed by atoms with Gasteiger partial charge in [0.1, 0.15) is 12.4 Å². The van der Waals surface area contributed by atoms with E-state index < -0.39 is 0 Å². The molecule has 0 saturated heterocycles. The minimum atomic E-state index is -0.206. The fraction of sp³-hybridized carbons (Fsp3) is 0.265. The summed E-state index contributed by atoms with van der Waals surface area (Å²) in [7, 11) is 1.51. The molecule has 4 rings (SSSR count). The summed E-state index contributed by atoms with van der Waals surface area (Å²) in [5, 5.41) is 14.0. The molecule has 43 heavy (non-hydrogen) atoms. The summed E-state index contributed by atoms with van der Waals surface area (Å²) in [5.41, 5.74) is 7.34. The number of nitrogens with zero attached hydrogens (tertiary/aromatic N) is 1. The molecule has 0 bridgehead atoms. The second-order valence-electron chi connectivity index (χ2n) is 9.54. The zero-order chi connectivity index (χ0) is 31.3. The summed E-state index contributed by atoms with van der Waals surface area (Å²) in [4.78, 5) is 24.6. The van der Waals surface area contributed by atoms with Crippen LogP contribution in [0.15, 0.2) is 91.3 Å². The van der Waals surface area contributed by atoms with Crippen LogP contribution in [0.5, 0.6) is 5.88 Å². The minimum absolute atomic E-state index is 0.206. The van der Waals surface area contributed by atoms with Crippen LogP contribution >= 0.6 is 12.8 Å². The predicted octanol–water partition coefficient (Wildman–Crippen LogP) is 6.13. The van der Waals surface area contributed by atoms with Gasteiger partial charge in [-0.1, -0.05) is 55.0 Å². The first-order valence-electron chi connectivity index (χ1n) is 14.2. The summed E-state index contributed by atoms with van der Waals surface area (Å²) >= 11 is 3.03. The number of aryl methyl sites for hydroxylation is 1. The summed E-state index contributed by atoms with van der Waals surface area (Å²) in [6.07, 6.45) is 17.2. The highest BCUT2D eigenvalue weighted by atomic mass is 32.1. The van der Waals surface area contributed by atoms with Gasteiger partial charge < -0.3 is 25.5 Å². The third kappa shape index (κ3) is 11.5. The number of thiol groups is 1. The number of nitrogens with two attached hydrogens (primary N) is 1. The standard InChI is InChI=1S/C33H38N4O2.CH2O.H3NS/c1-25-16-17-26(28-12-8-6-4-3-5-7-9-18-34-24-28)23-31(25)27-13-10-14-29(22-27)35-20-21-36-32(38)30-15-11-19-37-33(30)39-2;2*1-2/h4,6,8,10-17,19,22-24,34-35H,3,5,7,9,18,20-21H2,1-2H3,(H,36,38);1H2;2H,1H2/b6-4+,12-8-,28-24+;;. The van der Waals surface area contributed by atoms with E-state index in [4.69, 9.17) is 9.53 Å². The normalized spacial score (nSPS) is 15.5. The van der Waals surface area contributed by atoms with E-state index in [0.29, 0.717) is 24.5 Å². The largest absolute Gasteiger partial charge is 0.480 e. The van der Waals surface area contributed by atoms with E-state index >= 15 is 0 Å². The maximum absolute atomic E-state index is 12.5. The Morgan fingerprint density at radius 2 is 1.86 bits per heavy atom. The number of carbonyl (C=O) groups is 2. The average Bonchev–Trinajstić information content (AvgIpc) is 3.05. The maximum Gasteiger partial charge on any atom is 0.256 e. The molecule has 1 aromatic heterocycles. The van der Waals surface area contributed by atoms with E-state index in [1.54, 1.807) is 18.3 Å². The third-order valence-corrected chi connectivity index (χ3v) is 6.67. The summed E-state index contributed by atoms with van der Waals surface area (Å²) in [6.45, 7) is 6.20. The molecule has 0 atom stereocenters. The average molecular weight is 602 g/mol. The number of rotatable bonds is 8. The van der Waals surface area contributed by atoms with Gasteiger partial charge in [-0.25, -0.2) is 4.98 Å². The number of amides is 1. The Bertz CT molecular complexity index is 1370. The number of ether oxygens (including phenoxy) is 1. The zero-order valence-corrected chi connectivity index (χ0v) is 25.9. The number of anilines is 1. The number of aromatic nitrogens is 1. The number of pyridine rings is 1. The monoisotopic (exact) mass is 601 g/mol. The number of benzene rings is 2. The number of hydrogen-bond acceptors (Lipinski definition) is 8. The highest BCUT2D eigenvalue weighted by molar-refractivity contribution is 7.77. The van der Waals surface area contributed by atoms with Crippen molar-refractivity contribution in [3.63, 3.8) is 0 Å². The van der Waals surface area contributed by atoms with Crippen molar-refractivity contribution in [1.82, 2.24) is 15.6 Å². The van der Waals surface area contributed by atoms with Crippen molar-refractivity contribution < 1.29 is 14.3 Å². The van der Waals surface area contributed by atoms with E-state index in [1.807, 2.05) is 12.9 Å². The molecule has 0 radical (unpaired) electrons. The molecule has 0 spiro atoms. The molecule has 0 fully saturated rings. The maximum atomic E-state index is 12.5. The van der Waals surface area contributed by atoms with Gasteiger partial charge in [0.05, 0.1) is 7.11 Å². The van der Waals surface area contributed by atoms with Crippen molar-refractivity contribution in [2.75, 3.05) is 32.1 Å². The molecule has 1 amide bonds. The van der Waals surface area contributed by atoms with Crippen LogP contribution < -0.4 is 25.8 Å². The summed E-state index contributed by atoms with van der Waals surface area (Å²) in [5.74, 6) is 0.117. The molecule has 0 aliphatic carbocycles. The summed E-state index contributed by atoms with van der Waals surface area (Å²) < 4.78 is 5.18.